The van der Waals surface area contributed by atoms with E-state index in [0.29, 0.717) is 30.0 Å². The van der Waals surface area contributed by atoms with E-state index < -0.39 is 5.54 Å². The van der Waals surface area contributed by atoms with Gasteiger partial charge in [-0.2, -0.15) is 0 Å². The smallest absolute Gasteiger partial charge is 0.250 e. The van der Waals surface area contributed by atoms with Crippen molar-refractivity contribution in [1.29, 1.82) is 0 Å². The third-order valence-corrected chi connectivity index (χ3v) is 6.94. The summed E-state index contributed by atoms with van der Waals surface area (Å²) in [6.45, 7) is 7.13. The number of nitrogens with zero attached hydrogens (tertiary/aromatic N) is 2. The highest BCUT2D eigenvalue weighted by atomic mass is 16.7. The van der Waals surface area contributed by atoms with Crippen molar-refractivity contribution in [3.63, 3.8) is 0 Å². The highest BCUT2D eigenvalue weighted by molar-refractivity contribution is 6.01. The summed E-state index contributed by atoms with van der Waals surface area (Å²) in [6, 6.07) is 13.4. The quantitative estimate of drug-likeness (QED) is 0.679. The Morgan fingerprint density at radius 2 is 1.82 bits per heavy atom. The average Bonchev–Trinajstić information content (AvgIpc) is 3.31. The molecule has 2 aromatic carbocycles. The summed E-state index contributed by atoms with van der Waals surface area (Å²) in [7, 11) is 0. The molecule has 8 heteroatoms. The molecule has 2 amide bonds. The van der Waals surface area contributed by atoms with Crippen molar-refractivity contribution in [2.24, 2.45) is 0 Å². The molecule has 5 rings (SSSR count). The molecule has 0 spiro atoms. The molecule has 2 saturated heterocycles. The van der Waals surface area contributed by atoms with Gasteiger partial charge in [-0.05, 0) is 55.3 Å². The van der Waals surface area contributed by atoms with E-state index >= 15 is 0 Å². The summed E-state index contributed by atoms with van der Waals surface area (Å²) in [4.78, 5) is 30.1. The zero-order valence-corrected chi connectivity index (χ0v) is 19.0. The van der Waals surface area contributed by atoms with Crippen molar-refractivity contribution in [1.82, 2.24) is 4.90 Å². The maximum absolute atomic E-state index is 13.4. The van der Waals surface area contributed by atoms with Crippen LogP contribution in [0.1, 0.15) is 38.3 Å². The van der Waals surface area contributed by atoms with Gasteiger partial charge >= 0.3 is 0 Å². The minimum Gasteiger partial charge on any atom is -0.454 e. The van der Waals surface area contributed by atoms with Gasteiger partial charge in [0.2, 0.25) is 18.6 Å². The summed E-state index contributed by atoms with van der Waals surface area (Å²) in [5, 5.41) is 3.03. The van der Waals surface area contributed by atoms with Crippen LogP contribution in [0, 0.1) is 0 Å². The Morgan fingerprint density at radius 3 is 2.52 bits per heavy atom. The lowest BCUT2D eigenvalue weighted by molar-refractivity contribution is -0.162. The lowest BCUT2D eigenvalue weighted by Crippen LogP contribution is -2.63. The topological polar surface area (TPSA) is 80.3 Å². The van der Waals surface area contributed by atoms with Gasteiger partial charge in [0, 0.05) is 24.5 Å². The van der Waals surface area contributed by atoms with Crippen LogP contribution in [0.2, 0.25) is 0 Å². The van der Waals surface area contributed by atoms with Gasteiger partial charge in [0.05, 0.1) is 25.7 Å². The molecule has 1 N–H and O–H groups in total. The lowest BCUT2D eigenvalue weighted by atomic mass is 9.83. The number of hydrogen-bond acceptors (Lipinski definition) is 6. The average molecular weight is 452 g/mol. The van der Waals surface area contributed by atoms with Gasteiger partial charge in [0.25, 0.3) is 0 Å². The number of hydrogen-bond donors (Lipinski definition) is 1. The Kier molecular flexibility index (Phi) is 5.62. The number of fused-ring (bicyclic) bond motifs is 1. The zero-order chi connectivity index (χ0) is 23.0. The van der Waals surface area contributed by atoms with Gasteiger partial charge in [-0.3, -0.25) is 9.59 Å². The standard InChI is InChI=1S/C25H29N3O5/c1-3-25(2,24(30)26-18-5-7-19(8-6-18)27-10-12-31-13-11-27)28-20(15-23(28)29)17-4-9-21-22(14-17)33-16-32-21/h4-9,14,20H,3,10-13,15-16H2,1-2H3,(H,26,30). The van der Waals surface area contributed by atoms with Gasteiger partial charge in [0.1, 0.15) is 5.54 Å². The molecule has 3 heterocycles. The van der Waals surface area contributed by atoms with Gasteiger partial charge < -0.3 is 29.3 Å². The number of amides is 2. The summed E-state index contributed by atoms with van der Waals surface area (Å²) in [5.74, 6) is 1.16. The summed E-state index contributed by atoms with van der Waals surface area (Å²) in [6.07, 6.45) is 0.869. The van der Waals surface area contributed by atoms with Crippen LogP contribution in [0.4, 0.5) is 11.4 Å². The second-order valence-electron chi connectivity index (χ2n) is 8.82. The third kappa shape index (κ3) is 3.88. The number of carbonyl (C=O) groups is 2. The van der Waals surface area contributed by atoms with E-state index in [1.165, 1.54) is 0 Å². The Labute approximate surface area is 193 Å². The molecule has 0 radical (unpaired) electrons. The molecule has 3 aliphatic heterocycles. The van der Waals surface area contributed by atoms with Crippen LogP contribution >= 0.6 is 0 Å². The van der Waals surface area contributed by atoms with Gasteiger partial charge in [-0.15, -0.1) is 0 Å². The Balaban J connectivity index is 1.32. The van der Waals surface area contributed by atoms with Gasteiger partial charge in [0.15, 0.2) is 11.5 Å². The number of morpholine rings is 1. The fraction of sp³-hybridized carbons (Fsp3) is 0.440. The maximum Gasteiger partial charge on any atom is 0.250 e. The van der Waals surface area contributed by atoms with Crippen LogP contribution in [0.15, 0.2) is 42.5 Å². The lowest BCUT2D eigenvalue weighted by Gasteiger charge is -2.50. The predicted molar refractivity (Wildman–Crippen MR) is 124 cm³/mol. The van der Waals surface area contributed by atoms with Crippen LogP contribution in [-0.4, -0.2) is 55.3 Å². The molecule has 0 aliphatic carbocycles. The monoisotopic (exact) mass is 451 g/mol. The van der Waals surface area contributed by atoms with Crippen molar-refractivity contribution in [2.75, 3.05) is 43.3 Å². The Hall–Kier alpha value is -3.26. The van der Waals surface area contributed by atoms with E-state index in [9.17, 15) is 9.59 Å². The summed E-state index contributed by atoms with van der Waals surface area (Å²) < 4.78 is 16.3. The van der Waals surface area contributed by atoms with Crippen LogP contribution in [0.5, 0.6) is 11.5 Å². The number of benzene rings is 2. The fourth-order valence-electron chi connectivity index (χ4n) is 4.71. The first kappa shape index (κ1) is 21.6. The van der Waals surface area contributed by atoms with Crippen molar-refractivity contribution in [2.45, 2.75) is 38.3 Å². The first-order chi connectivity index (χ1) is 16.0. The first-order valence-electron chi connectivity index (χ1n) is 11.5. The number of carbonyl (C=O) groups excluding carboxylic acids is 2. The van der Waals surface area contributed by atoms with Crippen molar-refractivity contribution < 1.29 is 23.8 Å². The molecule has 2 fully saturated rings. The SMILES string of the molecule is CCC(C)(C(=O)Nc1ccc(N2CCOCC2)cc1)N1C(=O)CC1c1ccc2c(c1)OCO2. The Morgan fingerprint density at radius 1 is 1.09 bits per heavy atom. The number of ether oxygens (including phenoxy) is 3. The highest BCUT2D eigenvalue weighted by Crippen LogP contribution is 2.44. The molecular formula is C25H29N3O5. The van der Waals surface area contributed by atoms with E-state index in [0.717, 1.165) is 37.6 Å². The molecule has 33 heavy (non-hydrogen) atoms. The second kappa shape index (κ2) is 8.59. The highest BCUT2D eigenvalue weighted by Gasteiger charge is 2.51. The minimum absolute atomic E-state index is 0.0279. The van der Waals surface area contributed by atoms with Gasteiger partial charge in [-0.25, -0.2) is 0 Å². The maximum atomic E-state index is 13.4. The second-order valence-corrected chi connectivity index (χ2v) is 8.82. The van der Waals surface area contributed by atoms with E-state index in [1.54, 1.807) is 4.90 Å². The molecule has 0 saturated carbocycles. The predicted octanol–water partition coefficient (Wildman–Crippen LogP) is 3.33. The zero-order valence-electron chi connectivity index (χ0n) is 19.0. The van der Waals surface area contributed by atoms with Crippen LogP contribution in [0.3, 0.4) is 0 Å². The molecule has 8 nitrogen and oxygen atoms in total. The fourth-order valence-corrected chi connectivity index (χ4v) is 4.71. The number of rotatable bonds is 6. The van der Waals surface area contributed by atoms with Crippen molar-refractivity contribution in [3.8, 4) is 11.5 Å². The van der Waals surface area contributed by atoms with E-state index in [2.05, 4.69) is 10.2 Å². The van der Waals surface area contributed by atoms with Crippen LogP contribution in [-0.2, 0) is 14.3 Å². The molecule has 0 bridgehead atoms. The van der Waals surface area contributed by atoms with E-state index in [4.69, 9.17) is 14.2 Å². The summed E-state index contributed by atoms with van der Waals surface area (Å²) >= 11 is 0. The van der Waals surface area contributed by atoms with Gasteiger partial charge in [-0.1, -0.05) is 13.0 Å². The van der Waals surface area contributed by atoms with E-state index in [1.807, 2.05) is 56.3 Å². The van der Waals surface area contributed by atoms with Crippen LogP contribution < -0.4 is 19.7 Å². The normalized spacial score (nSPS) is 21.4. The molecular weight excluding hydrogens is 422 g/mol. The minimum atomic E-state index is -0.973. The molecule has 2 unspecified atom stereocenters. The third-order valence-electron chi connectivity index (χ3n) is 6.94. The van der Waals surface area contributed by atoms with Crippen molar-refractivity contribution >= 4 is 23.2 Å². The van der Waals surface area contributed by atoms with Crippen molar-refractivity contribution in [3.05, 3.63) is 48.0 Å². The number of likely N-dealkylation sites (tertiary alicyclic amines) is 1. The number of β-lactam (4-membered cyclic amide) rings is 1. The number of nitrogens with one attached hydrogen (secondary N) is 1. The Bertz CT molecular complexity index is 1050. The van der Waals surface area contributed by atoms with Crippen LogP contribution in [0.25, 0.3) is 0 Å². The summed E-state index contributed by atoms with van der Waals surface area (Å²) in [5.41, 5.74) is 1.79. The van der Waals surface area contributed by atoms with E-state index in [-0.39, 0.29) is 24.6 Å². The first-order valence-corrected chi connectivity index (χ1v) is 11.5. The molecule has 3 aliphatic rings. The number of anilines is 2. The molecule has 174 valence electrons. The molecule has 0 aromatic heterocycles. The molecule has 2 atom stereocenters. The molecule has 2 aromatic rings. The largest absolute Gasteiger partial charge is 0.454 e.